The van der Waals surface area contributed by atoms with Crippen molar-refractivity contribution in [2.24, 2.45) is 0 Å². The fourth-order valence-corrected chi connectivity index (χ4v) is 4.79. The van der Waals surface area contributed by atoms with E-state index in [2.05, 4.69) is 12.2 Å². The number of unbranched alkanes of at least 4 members (excludes halogenated alkanes) is 14. The molecule has 33 heavy (non-hydrogen) atoms. The van der Waals surface area contributed by atoms with E-state index in [1.54, 1.807) is 0 Å². The Morgan fingerprint density at radius 1 is 0.818 bits per heavy atom. The second-order valence-electron chi connectivity index (χ2n) is 10.3. The largest absolute Gasteiger partial charge is 0.386 e. The van der Waals surface area contributed by atoms with Gasteiger partial charge in [0.05, 0.1) is 27.2 Å². The summed E-state index contributed by atoms with van der Waals surface area (Å²) >= 11 is 0. The van der Waals surface area contributed by atoms with Crippen LogP contribution in [0.5, 0.6) is 0 Å². The number of aliphatic hydroxyl groups excluding tert-OH is 1. The number of nitrogens with zero attached hydrogens (tertiary/aromatic N) is 1. The van der Waals surface area contributed by atoms with Crippen molar-refractivity contribution in [1.29, 1.82) is 0 Å². The Balaban J connectivity index is 3.52. The van der Waals surface area contributed by atoms with Gasteiger partial charge in [-0.2, -0.15) is 8.42 Å². The van der Waals surface area contributed by atoms with E-state index >= 15 is 0 Å². The van der Waals surface area contributed by atoms with Gasteiger partial charge in [0.2, 0.25) is 5.91 Å². The van der Waals surface area contributed by atoms with Gasteiger partial charge in [-0.3, -0.25) is 9.35 Å². The van der Waals surface area contributed by atoms with Crippen LogP contribution in [0.1, 0.15) is 110 Å². The number of hydrogen-bond donors (Lipinski definition) is 3. The van der Waals surface area contributed by atoms with Gasteiger partial charge in [0.1, 0.15) is 18.4 Å². The molecule has 0 saturated heterocycles. The summed E-state index contributed by atoms with van der Waals surface area (Å²) in [4.78, 5) is 12.0. The maximum atomic E-state index is 12.0. The first kappa shape index (κ1) is 32.3. The third kappa shape index (κ3) is 24.2. The summed E-state index contributed by atoms with van der Waals surface area (Å²) in [6, 6.07) is 0. The third-order valence-corrected chi connectivity index (χ3v) is 6.96. The minimum atomic E-state index is -4.19. The zero-order valence-electron chi connectivity index (χ0n) is 21.7. The van der Waals surface area contributed by atoms with E-state index < -0.39 is 22.0 Å². The summed E-state index contributed by atoms with van der Waals surface area (Å²) in [5, 5.41) is 12.7. The maximum Gasteiger partial charge on any atom is 0.267 e. The van der Waals surface area contributed by atoms with Crippen LogP contribution in [0.25, 0.3) is 0 Å². The van der Waals surface area contributed by atoms with Crippen molar-refractivity contribution >= 4 is 16.0 Å². The minimum Gasteiger partial charge on any atom is -0.386 e. The van der Waals surface area contributed by atoms with Gasteiger partial charge < -0.3 is 14.9 Å². The second kappa shape index (κ2) is 19.6. The summed E-state index contributed by atoms with van der Waals surface area (Å²) in [5.41, 5.74) is 0. The first-order valence-electron chi connectivity index (χ1n) is 13.3. The summed E-state index contributed by atoms with van der Waals surface area (Å²) in [6.45, 7) is 3.50. The standard InChI is InChI=1S/C25H52N2O5S/c1-4-5-6-7-8-9-10-11-12-13-14-15-16-17-18-19-25(29)26-20-21-27(2,3)22-24(28)23-33(30,31)32/h24,28H,4-23H2,1-3H3,(H-,26,29,30,31,32)/p+1. The van der Waals surface area contributed by atoms with Crippen LogP contribution in [-0.4, -0.2) is 74.1 Å². The minimum absolute atomic E-state index is 0.0446. The van der Waals surface area contributed by atoms with Crippen LogP contribution in [0.4, 0.5) is 0 Å². The van der Waals surface area contributed by atoms with E-state index in [1.807, 2.05) is 14.1 Å². The molecule has 0 aliphatic rings. The zero-order valence-corrected chi connectivity index (χ0v) is 22.5. The lowest BCUT2D eigenvalue weighted by Crippen LogP contribution is -2.50. The van der Waals surface area contributed by atoms with Crippen LogP contribution < -0.4 is 5.32 Å². The molecule has 0 spiro atoms. The molecule has 0 aromatic rings. The molecule has 8 heteroatoms. The summed E-state index contributed by atoms with van der Waals surface area (Å²) in [5.74, 6) is -0.622. The third-order valence-electron chi connectivity index (χ3n) is 6.15. The van der Waals surface area contributed by atoms with Crippen molar-refractivity contribution in [3.8, 4) is 0 Å². The Labute approximate surface area is 204 Å². The number of likely N-dealkylation sites (N-methyl/N-ethyl adjacent to an activating group) is 1. The number of nitrogens with one attached hydrogen (secondary N) is 1. The summed E-state index contributed by atoms with van der Waals surface area (Å²) in [6.07, 6.45) is 19.0. The molecule has 0 aromatic carbocycles. The number of rotatable bonds is 23. The number of amides is 1. The van der Waals surface area contributed by atoms with E-state index in [-0.39, 0.29) is 12.5 Å². The highest BCUT2D eigenvalue weighted by Crippen LogP contribution is 2.13. The normalized spacial score (nSPS) is 13.2. The highest BCUT2D eigenvalue weighted by molar-refractivity contribution is 7.85. The van der Waals surface area contributed by atoms with Crippen molar-refractivity contribution in [1.82, 2.24) is 5.32 Å². The lowest BCUT2D eigenvalue weighted by Gasteiger charge is -2.31. The molecule has 0 bridgehead atoms. The van der Waals surface area contributed by atoms with Gasteiger partial charge in [0, 0.05) is 6.42 Å². The van der Waals surface area contributed by atoms with E-state index in [1.165, 1.54) is 83.5 Å². The molecule has 1 unspecified atom stereocenters. The van der Waals surface area contributed by atoms with Crippen LogP contribution in [0.15, 0.2) is 0 Å². The summed E-state index contributed by atoms with van der Waals surface area (Å²) in [7, 11) is -0.478. The Morgan fingerprint density at radius 3 is 1.67 bits per heavy atom. The van der Waals surface area contributed by atoms with Crippen LogP contribution in [0, 0.1) is 0 Å². The fraction of sp³-hybridized carbons (Fsp3) is 0.960. The molecule has 0 aromatic heterocycles. The van der Waals surface area contributed by atoms with Crippen LogP contribution >= 0.6 is 0 Å². The number of quaternary nitrogens is 1. The number of carbonyl (C=O) groups excluding carboxylic acids is 1. The van der Waals surface area contributed by atoms with Gasteiger partial charge in [0.25, 0.3) is 10.1 Å². The molecule has 0 rings (SSSR count). The Kier molecular flexibility index (Phi) is 19.2. The molecule has 0 fully saturated rings. The SMILES string of the molecule is CCCCCCCCCCCCCCCCCC(=O)NCC[N+](C)(C)CC(O)CS(=O)(=O)O. The smallest absolute Gasteiger partial charge is 0.267 e. The van der Waals surface area contributed by atoms with Crippen LogP contribution in [0.3, 0.4) is 0 Å². The first-order chi connectivity index (χ1) is 15.6. The monoisotopic (exact) mass is 493 g/mol. The molecule has 0 aliphatic carbocycles. The first-order valence-corrected chi connectivity index (χ1v) is 14.9. The van der Waals surface area contributed by atoms with Gasteiger partial charge in [-0.25, -0.2) is 0 Å². The van der Waals surface area contributed by atoms with E-state index in [0.717, 1.165) is 12.8 Å². The van der Waals surface area contributed by atoms with Crippen molar-refractivity contribution in [3.05, 3.63) is 0 Å². The van der Waals surface area contributed by atoms with Gasteiger partial charge >= 0.3 is 0 Å². The lowest BCUT2D eigenvalue weighted by atomic mass is 10.0. The van der Waals surface area contributed by atoms with E-state index in [9.17, 15) is 18.3 Å². The molecule has 0 aliphatic heterocycles. The molecule has 0 saturated carbocycles. The molecule has 3 N–H and O–H groups in total. The molecule has 1 atom stereocenters. The second-order valence-corrected chi connectivity index (χ2v) is 11.8. The Bertz CT molecular complexity index is 581. The van der Waals surface area contributed by atoms with Crippen molar-refractivity contribution in [2.75, 3.05) is 39.5 Å². The predicted octanol–water partition coefficient (Wildman–Crippen LogP) is 4.69. The molecule has 0 heterocycles. The molecular weight excluding hydrogens is 440 g/mol. The van der Waals surface area contributed by atoms with Crippen molar-refractivity contribution < 1.29 is 27.4 Å². The Morgan fingerprint density at radius 2 is 1.24 bits per heavy atom. The van der Waals surface area contributed by atoms with Crippen LogP contribution in [-0.2, 0) is 14.9 Å². The molecule has 198 valence electrons. The highest BCUT2D eigenvalue weighted by atomic mass is 32.2. The van der Waals surface area contributed by atoms with Crippen LogP contribution in [0.2, 0.25) is 0 Å². The van der Waals surface area contributed by atoms with Gasteiger partial charge in [-0.1, -0.05) is 96.8 Å². The summed E-state index contributed by atoms with van der Waals surface area (Å²) < 4.78 is 30.9. The average Bonchev–Trinajstić information content (AvgIpc) is 2.68. The molecule has 7 nitrogen and oxygen atoms in total. The lowest BCUT2D eigenvalue weighted by molar-refractivity contribution is -0.891. The maximum absolute atomic E-state index is 12.0. The van der Waals surface area contributed by atoms with E-state index in [4.69, 9.17) is 4.55 Å². The van der Waals surface area contributed by atoms with Crippen molar-refractivity contribution in [2.45, 2.75) is 116 Å². The number of aliphatic hydroxyl groups is 1. The molecule has 0 radical (unpaired) electrons. The molecule has 1 amide bonds. The number of hydrogen-bond acceptors (Lipinski definition) is 4. The Hall–Kier alpha value is -0.700. The molecular formula is C25H53N2O5S+. The van der Waals surface area contributed by atoms with Crippen molar-refractivity contribution in [3.63, 3.8) is 0 Å². The fourth-order valence-electron chi connectivity index (χ4n) is 4.20. The van der Waals surface area contributed by atoms with Gasteiger partial charge in [-0.05, 0) is 6.42 Å². The van der Waals surface area contributed by atoms with Gasteiger partial charge in [-0.15, -0.1) is 0 Å². The van der Waals surface area contributed by atoms with Gasteiger partial charge in [0.15, 0.2) is 0 Å². The number of carbonyl (C=O) groups is 1. The highest BCUT2D eigenvalue weighted by Gasteiger charge is 2.24. The van der Waals surface area contributed by atoms with E-state index in [0.29, 0.717) is 24.0 Å². The zero-order chi connectivity index (χ0) is 25.0. The topological polar surface area (TPSA) is 104 Å². The average molecular weight is 494 g/mol. The predicted molar refractivity (Wildman–Crippen MR) is 137 cm³/mol. The quantitative estimate of drug-likeness (QED) is 0.109.